The van der Waals surface area contributed by atoms with E-state index in [-0.39, 0.29) is 17.5 Å². The van der Waals surface area contributed by atoms with Gasteiger partial charge in [0.05, 0.1) is 17.9 Å². The van der Waals surface area contributed by atoms with Gasteiger partial charge in [0.25, 0.3) is 0 Å². The van der Waals surface area contributed by atoms with Gasteiger partial charge in [0.2, 0.25) is 10.0 Å². The van der Waals surface area contributed by atoms with Crippen molar-refractivity contribution in [3.8, 4) is 11.5 Å². The highest BCUT2D eigenvalue weighted by Crippen LogP contribution is 2.32. The Hall–Kier alpha value is -2.06. The van der Waals surface area contributed by atoms with Crippen molar-refractivity contribution in [1.29, 1.82) is 0 Å². The van der Waals surface area contributed by atoms with Gasteiger partial charge in [-0.05, 0) is 32.4 Å². The van der Waals surface area contributed by atoms with E-state index in [1.165, 1.54) is 4.31 Å². The quantitative estimate of drug-likeness (QED) is 0.770. The Bertz CT molecular complexity index is 892. The van der Waals surface area contributed by atoms with Gasteiger partial charge in [-0.1, -0.05) is 19.1 Å². The van der Waals surface area contributed by atoms with Crippen molar-refractivity contribution in [2.75, 3.05) is 19.7 Å². The summed E-state index contributed by atoms with van der Waals surface area (Å²) < 4.78 is 41.3. The van der Waals surface area contributed by atoms with E-state index in [0.717, 1.165) is 0 Å². The topological polar surface area (TPSA) is 73.7 Å². The van der Waals surface area contributed by atoms with Crippen LogP contribution in [0.2, 0.25) is 0 Å². The Kier molecular flexibility index (Phi) is 5.24. The first-order valence-electron chi connectivity index (χ1n) is 8.73. The van der Waals surface area contributed by atoms with E-state index in [0.29, 0.717) is 42.5 Å². The van der Waals surface area contributed by atoms with Crippen molar-refractivity contribution in [3.63, 3.8) is 0 Å². The summed E-state index contributed by atoms with van der Waals surface area (Å²) in [7, 11) is -1.92. The van der Waals surface area contributed by atoms with E-state index in [4.69, 9.17) is 9.47 Å². The molecule has 0 fully saturated rings. The molecule has 1 unspecified atom stereocenters. The predicted molar refractivity (Wildman–Crippen MR) is 98.1 cm³/mol. The Labute approximate surface area is 154 Å². The van der Waals surface area contributed by atoms with E-state index in [1.807, 2.05) is 31.2 Å². The van der Waals surface area contributed by atoms with Crippen LogP contribution in [0.4, 0.5) is 0 Å². The molecule has 0 bridgehead atoms. The molecule has 0 saturated carbocycles. The molecule has 0 spiro atoms. The summed E-state index contributed by atoms with van der Waals surface area (Å²) in [4.78, 5) is 0.283. The Morgan fingerprint density at radius 1 is 1.27 bits per heavy atom. The highest BCUT2D eigenvalue weighted by atomic mass is 32.2. The van der Waals surface area contributed by atoms with Gasteiger partial charge in [-0.15, -0.1) is 0 Å². The summed E-state index contributed by atoms with van der Waals surface area (Å²) >= 11 is 0. The van der Waals surface area contributed by atoms with Crippen molar-refractivity contribution in [2.45, 2.75) is 38.2 Å². The minimum absolute atomic E-state index is 0.234. The number of aromatic nitrogens is 2. The maximum Gasteiger partial charge on any atom is 0.246 e. The molecule has 2 heterocycles. The van der Waals surface area contributed by atoms with Gasteiger partial charge in [-0.25, -0.2) is 8.42 Å². The zero-order valence-corrected chi connectivity index (χ0v) is 16.4. The second-order valence-electron chi connectivity index (χ2n) is 6.48. The first-order chi connectivity index (χ1) is 12.3. The van der Waals surface area contributed by atoms with Crippen LogP contribution < -0.4 is 9.47 Å². The van der Waals surface area contributed by atoms with Crippen LogP contribution in [0.1, 0.15) is 24.7 Å². The Morgan fingerprint density at radius 2 is 1.96 bits per heavy atom. The molecule has 0 saturated heterocycles. The molecular weight excluding hydrogens is 354 g/mol. The first-order valence-corrected chi connectivity index (χ1v) is 10.2. The van der Waals surface area contributed by atoms with E-state index in [1.54, 1.807) is 25.6 Å². The molecule has 0 radical (unpaired) electrons. The number of para-hydroxylation sites is 2. The molecule has 1 aliphatic heterocycles. The van der Waals surface area contributed by atoms with E-state index >= 15 is 0 Å². The van der Waals surface area contributed by atoms with E-state index < -0.39 is 10.0 Å². The largest absolute Gasteiger partial charge is 0.486 e. The molecule has 1 aromatic carbocycles. The van der Waals surface area contributed by atoms with Gasteiger partial charge in [0.15, 0.2) is 11.5 Å². The van der Waals surface area contributed by atoms with Gasteiger partial charge in [-0.3, -0.25) is 4.68 Å². The standard InChI is InChI=1S/C18H25N3O4S/c1-5-10-21(26(22,23)18-13(2)19-20(4)14(18)3)11-15-12-24-16-8-6-7-9-17(16)25-15/h6-9,15H,5,10-12H2,1-4H3. The fourth-order valence-electron chi connectivity index (χ4n) is 3.20. The average Bonchev–Trinajstić information content (AvgIpc) is 2.87. The number of ether oxygens (including phenoxy) is 2. The number of sulfonamides is 1. The predicted octanol–water partition coefficient (Wildman–Crippen LogP) is 2.28. The molecule has 8 heteroatoms. The molecule has 3 rings (SSSR count). The minimum atomic E-state index is -3.67. The summed E-state index contributed by atoms with van der Waals surface area (Å²) in [5.74, 6) is 1.33. The number of fused-ring (bicyclic) bond motifs is 1. The molecule has 1 aliphatic rings. The monoisotopic (exact) mass is 379 g/mol. The maximum atomic E-state index is 13.3. The van der Waals surface area contributed by atoms with Crippen LogP contribution in [0.5, 0.6) is 11.5 Å². The number of nitrogens with zero attached hydrogens (tertiary/aromatic N) is 3. The normalized spacial score (nSPS) is 16.9. The zero-order chi connectivity index (χ0) is 18.9. The molecule has 7 nitrogen and oxygen atoms in total. The maximum absolute atomic E-state index is 13.3. The smallest absolute Gasteiger partial charge is 0.246 e. The fourth-order valence-corrected chi connectivity index (χ4v) is 5.16. The lowest BCUT2D eigenvalue weighted by molar-refractivity contribution is 0.0764. The fraction of sp³-hybridized carbons (Fsp3) is 0.500. The summed E-state index contributed by atoms with van der Waals surface area (Å²) in [5.41, 5.74) is 1.15. The third kappa shape index (κ3) is 3.43. The highest BCUT2D eigenvalue weighted by molar-refractivity contribution is 7.89. The molecule has 0 aliphatic carbocycles. The third-order valence-electron chi connectivity index (χ3n) is 4.49. The number of benzene rings is 1. The van der Waals surface area contributed by atoms with Crippen molar-refractivity contribution in [3.05, 3.63) is 35.7 Å². The van der Waals surface area contributed by atoms with Crippen LogP contribution in [0.3, 0.4) is 0 Å². The van der Waals surface area contributed by atoms with Gasteiger partial charge < -0.3 is 9.47 Å². The van der Waals surface area contributed by atoms with Gasteiger partial charge in [0.1, 0.15) is 17.6 Å². The summed E-state index contributed by atoms with van der Waals surface area (Å²) in [6, 6.07) is 7.42. The molecule has 2 aromatic rings. The molecule has 142 valence electrons. The highest BCUT2D eigenvalue weighted by Gasteiger charge is 2.33. The second kappa shape index (κ2) is 7.28. The van der Waals surface area contributed by atoms with Crippen LogP contribution in [-0.4, -0.2) is 48.3 Å². The lowest BCUT2D eigenvalue weighted by atomic mass is 10.2. The molecule has 0 N–H and O–H groups in total. The average molecular weight is 379 g/mol. The van der Waals surface area contributed by atoms with Crippen LogP contribution in [0, 0.1) is 13.8 Å². The van der Waals surface area contributed by atoms with Crippen LogP contribution >= 0.6 is 0 Å². The number of hydrogen-bond donors (Lipinski definition) is 0. The number of aryl methyl sites for hydroxylation is 2. The molecule has 1 atom stereocenters. The van der Waals surface area contributed by atoms with Gasteiger partial charge in [0, 0.05) is 13.6 Å². The molecule has 26 heavy (non-hydrogen) atoms. The van der Waals surface area contributed by atoms with Crippen molar-refractivity contribution in [2.24, 2.45) is 7.05 Å². The summed E-state index contributed by atoms with van der Waals surface area (Å²) in [5, 5.41) is 4.25. The number of rotatable bonds is 6. The third-order valence-corrected chi connectivity index (χ3v) is 6.61. The lowest BCUT2D eigenvalue weighted by Crippen LogP contribution is -2.44. The van der Waals surface area contributed by atoms with E-state index in [2.05, 4.69) is 5.10 Å². The van der Waals surface area contributed by atoms with Gasteiger partial charge in [-0.2, -0.15) is 9.40 Å². The Morgan fingerprint density at radius 3 is 2.58 bits per heavy atom. The number of hydrogen-bond acceptors (Lipinski definition) is 5. The minimum Gasteiger partial charge on any atom is -0.486 e. The van der Waals surface area contributed by atoms with Crippen LogP contribution in [0.25, 0.3) is 0 Å². The van der Waals surface area contributed by atoms with E-state index in [9.17, 15) is 8.42 Å². The Balaban J connectivity index is 1.85. The lowest BCUT2D eigenvalue weighted by Gasteiger charge is -2.30. The van der Waals surface area contributed by atoms with Crippen molar-refractivity contribution >= 4 is 10.0 Å². The molecule has 0 amide bonds. The summed E-state index contributed by atoms with van der Waals surface area (Å²) in [6.45, 7) is 6.42. The summed E-state index contributed by atoms with van der Waals surface area (Å²) in [6.07, 6.45) is 0.352. The van der Waals surface area contributed by atoms with Crippen LogP contribution in [0.15, 0.2) is 29.2 Å². The second-order valence-corrected chi connectivity index (χ2v) is 8.36. The first kappa shape index (κ1) is 18.7. The molecule has 1 aromatic heterocycles. The van der Waals surface area contributed by atoms with Crippen LogP contribution in [-0.2, 0) is 17.1 Å². The SMILES string of the molecule is CCCN(CC1COc2ccccc2O1)S(=O)(=O)c1c(C)nn(C)c1C. The zero-order valence-electron chi connectivity index (χ0n) is 15.6. The van der Waals surface area contributed by atoms with Gasteiger partial charge >= 0.3 is 0 Å². The van der Waals surface area contributed by atoms with Crippen molar-refractivity contribution < 1.29 is 17.9 Å². The van der Waals surface area contributed by atoms with Crippen molar-refractivity contribution in [1.82, 2.24) is 14.1 Å². The molecular formula is C18H25N3O4S.